The predicted octanol–water partition coefficient (Wildman–Crippen LogP) is 4.86. The average molecular weight is 448 g/mol. The van der Waals surface area contributed by atoms with Crippen molar-refractivity contribution in [2.24, 2.45) is 0 Å². The highest BCUT2D eigenvalue weighted by atomic mass is 19.1. The van der Waals surface area contributed by atoms with Gasteiger partial charge in [-0.2, -0.15) is 0 Å². The summed E-state index contributed by atoms with van der Waals surface area (Å²) in [6.07, 6.45) is 7.30. The lowest BCUT2D eigenvalue weighted by molar-refractivity contribution is -0.131. The summed E-state index contributed by atoms with van der Waals surface area (Å²) < 4.78 is 28.1. The van der Waals surface area contributed by atoms with Gasteiger partial charge in [-0.3, -0.25) is 4.79 Å². The van der Waals surface area contributed by atoms with E-state index >= 15 is 4.39 Å². The van der Waals surface area contributed by atoms with E-state index < -0.39 is 5.82 Å². The monoisotopic (exact) mass is 447 g/mol. The van der Waals surface area contributed by atoms with Gasteiger partial charge in [0.15, 0.2) is 0 Å². The highest BCUT2D eigenvalue weighted by Crippen LogP contribution is 2.38. The molecule has 0 saturated carbocycles. The number of aromatic nitrogens is 2. The van der Waals surface area contributed by atoms with Crippen LogP contribution in [0.25, 0.3) is 11.8 Å². The van der Waals surface area contributed by atoms with E-state index in [1.807, 2.05) is 42.3 Å². The Labute approximate surface area is 192 Å². The Kier molecular flexibility index (Phi) is 5.62. The van der Waals surface area contributed by atoms with Crippen molar-refractivity contribution in [2.45, 2.75) is 32.2 Å². The first-order valence-corrected chi connectivity index (χ1v) is 11.2. The fourth-order valence-corrected chi connectivity index (χ4v) is 4.69. The second-order valence-corrected chi connectivity index (χ2v) is 8.43. The third-order valence-corrected chi connectivity index (χ3v) is 6.30. The van der Waals surface area contributed by atoms with E-state index in [1.165, 1.54) is 6.07 Å². The van der Waals surface area contributed by atoms with E-state index in [-0.39, 0.29) is 11.9 Å². The SMILES string of the molecule is COc1cc(/C=C2\CCCN(C3CCOc4ccccc43)C2=O)c(F)cc1-n1cnc(C)c1. The van der Waals surface area contributed by atoms with Crippen LogP contribution in [-0.4, -0.2) is 40.6 Å². The zero-order valence-electron chi connectivity index (χ0n) is 18.8. The third kappa shape index (κ3) is 3.99. The summed E-state index contributed by atoms with van der Waals surface area (Å²) in [6, 6.07) is 10.9. The Hall–Kier alpha value is -3.61. The molecular formula is C26H26FN3O3. The molecule has 0 spiro atoms. The van der Waals surface area contributed by atoms with Gasteiger partial charge in [-0.25, -0.2) is 9.37 Å². The molecule has 3 heterocycles. The van der Waals surface area contributed by atoms with Crippen LogP contribution >= 0.6 is 0 Å². The molecule has 170 valence electrons. The number of ether oxygens (including phenoxy) is 2. The molecule has 1 saturated heterocycles. The molecule has 0 aliphatic carbocycles. The molecular weight excluding hydrogens is 421 g/mol. The number of hydrogen-bond acceptors (Lipinski definition) is 4. The number of nitrogens with zero attached hydrogens (tertiary/aromatic N) is 3. The van der Waals surface area contributed by atoms with Crippen molar-refractivity contribution in [2.75, 3.05) is 20.3 Å². The summed E-state index contributed by atoms with van der Waals surface area (Å²) in [5.74, 6) is 0.888. The fourth-order valence-electron chi connectivity index (χ4n) is 4.69. The van der Waals surface area contributed by atoms with Crippen molar-refractivity contribution in [3.05, 3.63) is 77.1 Å². The molecule has 0 radical (unpaired) electrons. The molecule has 33 heavy (non-hydrogen) atoms. The molecule has 1 fully saturated rings. The smallest absolute Gasteiger partial charge is 0.250 e. The van der Waals surface area contributed by atoms with Crippen molar-refractivity contribution in [1.29, 1.82) is 0 Å². The zero-order valence-corrected chi connectivity index (χ0v) is 18.8. The summed E-state index contributed by atoms with van der Waals surface area (Å²) in [5, 5.41) is 0. The molecule has 1 atom stereocenters. The minimum atomic E-state index is -0.411. The highest BCUT2D eigenvalue weighted by molar-refractivity contribution is 5.99. The van der Waals surface area contributed by atoms with Crippen molar-refractivity contribution in [1.82, 2.24) is 14.5 Å². The predicted molar refractivity (Wildman–Crippen MR) is 123 cm³/mol. The number of fused-ring (bicyclic) bond motifs is 1. The summed E-state index contributed by atoms with van der Waals surface area (Å²) in [6.45, 7) is 3.13. The number of amides is 1. The molecule has 6 nitrogen and oxygen atoms in total. The number of rotatable bonds is 4. The van der Waals surface area contributed by atoms with Crippen LogP contribution in [0.4, 0.5) is 4.39 Å². The first-order chi connectivity index (χ1) is 16.0. The van der Waals surface area contributed by atoms with Crippen LogP contribution in [-0.2, 0) is 4.79 Å². The van der Waals surface area contributed by atoms with Gasteiger partial charge in [-0.05, 0) is 38.0 Å². The van der Waals surface area contributed by atoms with Gasteiger partial charge in [-0.1, -0.05) is 18.2 Å². The molecule has 1 aromatic heterocycles. The Balaban J connectivity index is 1.47. The topological polar surface area (TPSA) is 56.6 Å². The van der Waals surface area contributed by atoms with Crippen LogP contribution in [0.5, 0.6) is 11.5 Å². The molecule has 2 aliphatic heterocycles. The number of piperidine rings is 1. The highest BCUT2D eigenvalue weighted by Gasteiger charge is 2.33. The number of carbonyl (C=O) groups is 1. The summed E-state index contributed by atoms with van der Waals surface area (Å²) in [7, 11) is 1.55. The number of methoxy groups -OCH3 is 1. The maximum atomic E-state index is 15.1. The molecule has 0 N–H and O–H groups in total. The quantitative estimate of drug-likeness (QED) is 0.536. The van der Waals surface area contributed by atoms with Gasteiger partial charge in [0.2, 0.25) is 5.91 Å². The van der Waals surface area contributed by atoms with Crippen molar-refractivity contribution in [3.63, 3.8) is 0 Å². The lowest BCUT2D eigenvalue weighted by Gasteiger charge is -2.38. The molecule has 7 heteroatoms. The van der Waals surface area contributed by atoms with Crippen LogP contribution in [0.15, 0.2) is 54.5 Å². The molecule has 3 aromatic rings. The van der Waals surface area contributed by atoms with Crippen LogP contribution in [0.1, 0.15) is 42.1 Å². The van der Waals surface area contributed by atoms with Crippen molar-refractivity contribution < 1.29 is 18.7 Å². The Bertz CT molecular complexity index is 1230. The van der Waals surface area contributed by atoms with E-state index in [0.717, 1.165) is 29.8 Å². The van der Waals surface area contributed by atoms with Crippen LogP contribution in [0.3, 0.4) is 0 Å². The maximum absolute atomic E-state index is 15.1. The number of hydrogen-bond donors (Lipinski definition) is 0. The average Bonchev–Trinajstić information content (AvgIpc) is 3.27. The Morgan fingerprint density at radius 2 is 2.12 bits per heavy atom. The van der Waals surface area contributed by atoms with Gasteiger partial charge < -0.3 is 18.9 Å². The molecule has 2 aliphatic rings. The number of carbonyl (C=O) groups excluding carboxylic acids is 1. The minimum absolute atomic E-state index is 0.0302. The van der Waals surface area contributed by atoms with Crippen LogP contribution in [0.2, 0.25) is 0 Å². The molecule has 2 aromatic carbocycles. The number of likely N-dealkylation sites (tertiary alicyclic amines) is 1. The van der Waals surface area contributed by atoms with Crippen LogP contribution in [0, 0.1) is 12.7 Å². The van der Waals surface area contributed by atoms with E-state index in [4.69, 9.17) is 9.47 Å². The fraction of sp³-hybridized carbons (Fsp3) is 0.308. The normalized spacial score (nSPS) is 19.4. The zero-order chi connectivity index (χ0) is 22.9. The first-order valence-electron chi connectivity index (χ1n) is 11.2. The molecule has 1 unspecified atom stereocenters. The van der Waals surface area contributed by atoms with E-state index in [9.17, 15) is 4.79 Å². The van der Waals surface area contributed by atoms with Crippen molar-refractivity contribution >= 4 is 12.0 Å². The molecule has 1 amide bonds. The van der Waals surface area contributed by atoms with E-state index in [2.05, 4.69) is 4.98 Å². The van der Waals surface area contributed by atoms with E-state index in [0.29, 0.717) is 42.1 Å². The van der Waals surface area contributed by atoms with E-state index in [1.54, 1.807) is 30.1 Å². The molecule has 0 bridgehead atoms. The third-order valence-electron chi connectivity index (χ3n) is 6.30. The number of halogens is 1. The summed E-state index contributed by atoms with van der Waals surface area (Å²) in [5.41, 5.74) is 3.37. The lowest BCUT2D eigenvalue weighted by Crippen LogP contribution is -2.41. The van der Waals surface area contributed by atoms with Crippen molar-refractivity contribution in [3.8, 4) is 17.2 Å². The second kappa shape index (κ2) is 8.73. The van der Waals surface area contributed by atoms with Gasteiger partial charge in [0, 0.05) is 41.9 Å². The first kappa shape index (κ1) is 21.2. The number of para-hydroxylation sites is 1. The number of benzene rings is 2. The second-order valence-electron chi connectivity index (χ2n) is 8.43. The number of aryl methyl sites for hydroxylation is 1. The molecule has 5 rings (SSSR count). The van der Waals surface area contributed by atoms with Gasteiger partial charge in [-0.15, -0.1) is 0 Å². The lowest BCUT2D eigenvalue weighted by atomic mass is 9.93. The standard InChI is InChI=1S/C26H26FN3O3/c1-17-15-29(16-28-17)23-14-21(27)19(13-25(23)32-2)12-18-6-5-10-30(26(18)31)22-9-11-33-24-8-4-3-7-20(22)24/h3-4,7-8,12-16,22H,5-6,9-11H2,1-2H3/b18-12+. The summed E-state index contributed by atoms with van der Waals surface area (Å²) >= 11 is 0. The maximum Gasteiger partial charge on any atom is 0.250 e. The van der Waals surface area contributed by atoms with Gasteiger partial charge >= 0.3 is 0 Å². The number of imidazole rings is 1. The van der Waals surface area contributed by atoms with Gasteiger partial charge in [0.25, 0.3) is 0 Å². The van der Waals surface area contributed by atoms with Gasteiger partial charge in [0.1, 0.15) is 17.3 Å². The Morgan fingerprint density at radius 1 is 1.27 bits per heavy atom. The van der Waals surface area contributed by atoms with Crippen LogP contribution < -0.4 is 9.47 Å². The Morgan fingerprint density at radius 3 is 2.91 bits per heavy atom. The van der Waals surface area contributed by atoms with Gasteiger partial charge in [0.05, 0.1) is 37.5 Å². The summed E-state index contributed by atoms with van der Waals surface area (Å²) in [4.78, 5) is 19.6. The minimum Gasteiger partial charge on any atom is -0.495 e. The largest absolute Gasteiger partial charge is 0.495 e.